The molecule has 102 valence electrons. The summed E-state index contributed by atoms with van der Waals surface area (Å²) in [6.45, 7) is 12.5. The molecule has 1 N–H and O–H groups in total. The van der Waals surface area contributed by atoms with E-state index in [0.29, 0.717) is 5.69 Å². The third-order valence-electron chi connectivity index (χ3n) is 2.63. The van der Waals surface area contributed by atoms with E-state index < -0.39 is 5.60 Å². The molecule has 0 unspecified atom stereocenters. The molecular weight excluding hydrogens is 252 g/mol. The number of rotatable bonds is 2. The summed E-state index contributed by atoms with van der Waals surface area (Å²) in [5.74, 6) is -0.371. The van der Waals surface area contributed by atoms with E-state index in [1.54, 1.807) is 24.4 Å². The molecule has 0 saturated heterocycles. The minimum atomic E-state index is -0.494. The summed E-state index contributed by atoms with van der Waals surface area (Å²) < 4.78 is 5.21. The molecular formula is C16H16N2O2. The monoisotopic (exact) mass is 268 g/mol. The Hall–Kier alpha value is -2.54. The second kappa shape index (κ2) is 5.22. The second-order valence-electron chi connectivity index (χ2n) is 5.45. The van der Waals surface area contributed by atoms with Gasteiger partial charge in [0.1, 0.15) is 5.60 Å². The van der Waals surface area contributed by atoms with Crippen molar-refractivity contribution in [2.45, 2.75) is 26.4 Å². The maximum absolute atomic E-state index is 11.6. The molecule has 0 fully saturated rings. The van der Waals surface area contributed by atoms with Crippen molar-refractivity contribution in [3.8, 4) is 0 Å². The molecule has 0 spiro atoms. The Balaban J connectivity index is 2.22. The van der Waals surface area contributed by atoms with Gasteiger partial charge in [0.2, 0.25) is 0 Å². The zero-order valence-electron chi connectivity index (χ0n) is 11.7. The first-order valence-corrected chi connectivity index (χ1v) is 6.29. The van der Waals surface area contributed by atoms with Gasteiger partial charge in [-0.3, -0.25) is 0 Å². The molecule has 4 nitrogen and oxygen atoms in total. The number of hydrogen-bond acceptors (Lipinski definition) is 2. The summed E-state index contributed by atoms with van der Waals surface area (Å²) in [5, 5.41) is 0.970. The summed E-state index contributed by atoms with van der Waals surface area (Å²) in [4.78, 5) is 18.1. The fraction of sp³-hybridized carbons (Fsp3) is 0.250. The zero-order valence-corrected chi connectivity index (χ0v) is 11.7. The van der Waals surface area contributed by atoms with Gasteiger partial charge in [0.25, 0.3) is 0 Å². The minimum Gasteiger partial charge on any atom is -0.457 e. The summed E-state index contributed by atoms with van der Waals surface area (Å²) in [6, 6.07) is 5.41. The molecule has 4 heteroatoms. The summed E-state index contributed by atoms with van der Waals surface area (Å²) >= 11 is 0. The Morgan fingerprint density at radius 2 is 2.15 bits per heavy atom. The molecule has 2 rings (SSSR count). The van der Waals surface area contributed by atoms with Crippen molar-refractivity contribution in [3.05, 3.63) is 47.5 Å². The molecule has 1 aromatic heterocycles. The van der Waals surface area contributed by atoms with Crippen LogP contribution in [0.4, 0.5) is 5.69 Å². The van der Waals surface area contributed by atoms with E-state index in [-0.39, 0.29) is 5.97 Å². The first kappa shape index (κ1) is 13.9. The Kier molecular flexibility index (Phi) is 3.62. The number of carbonyl (C=O) groups excluding carboxylic acids is 1. The quantitative estimate of drug-likeness (QED) is 0.507. The highest BCUT2D eigenvalue weighted by Gasteiger charge is 2.14. The SMILES string of the molecule is [C-]#[N+]c1ccc2c(C=CC(=O)OC(C)(C)C)c[nH]c2c1. The van der Waals surface area contributed by atoms with Crippen molar-refractivity contribution in [3.63, 3.8) is 0 Å². The average molecular weight is 268 g/mol. The van der Waals surface area contributed by atoms with Crippen LogP contribution in [0.2, 0.25) is 0 Å². The van der Waals surface area contributed by atoms with E-state index >= 15 is 0 Å². The van der Waals surface area contributed by atoms with Gasteiger partial charge in [-0.25, -0.2) is 9.64 Å². The first-order chi connectivity index (χ1) is 9.39. The first-order valence-electron chi connectivity index (χ1n) is 6.29. The molecule has 0 aliphatic rings. The van der Waals surface area contributed by atoms with Gasteiger partial charge in [-0.05, 0) is 38.5 Å². The topological polar surface area (TPSA) is 46.5 Å². The van der Waals surface area contributed by atoms with Crippen LogP contribution in [0.15, 0.2) is 30.5 Å². The molecule has 0 bridgehead atoms. The van der Waals surface area contributed by atoms with Gasteiger partial charge in [-0.15, -0.1) is 0 Å². The second-order valence-corrected chi connectivity index (χ2v) is 5.45. The maximum atomic E-state index is 11.6. The van der Waals surface area contributed by atoms with E-state index in [9.17, 15) is 4.79 Å². The number of nitrogens with one attached hydrogen (secondary N) is 1. The highest BCUT2D eigenvalue weighted by atomic mass is 16.6. The number of aromatic amines is 1. The van der Waals surface area contributed by atoms with Crippen LogP contribution in [0.3, 0.4) is 0 Å². The van der Waals surface area contributed by atoms with Crippen LogP contribution in [-0.4, -0.2) is 16.6 Å². The van der Waals surface area contributed by atoms with Crippen LogP contribution >= 0.6 is 0 Å². The van der Waals surface area contributed by atoms with E-state index in [2.05, 4.69) is 9.83 Å². The Morgan fingerprint density at radius 1 is 1.40 bits per heavy atom. The largest absolute Gasteiger partial charge is 0.457 e. The molecule has 2 aromatic rings. The van der Waals surface area contributed by atoms with Gasteiger partial charge in [0.05, 0.1) is 6.57 Å². The Labute approximate surface area is 117 Å². The van der Waals surface area contributed by atoms with Gasteiger partial charge < -0.3 is 9.72 Å². The van der Waals surface area contributed by atoms with Crippen LogP contribution in [-0.2, 0) is 9.53 Å². The van der Waals surface area contributed by atoms with Crippen molar-refractivity contribution in [1.82, 2.24) is 4.98 Å². The third kappa shape index (κ3) is 3.27. The van der Waals surface area contributed by atoms with Crippen LogP contribution in [0.25, 0.3) is 21.8 Å². The lowest BCUT2D eigenvalue weighted by atomic mass is 10.1. The number of hydrogen-bond donors (Lipinski definition) is 1. The number of ether oxygens (including phenoxy) is 1. The lowest BCUT2D eigenvalue weighted by Gasteiger charge is -2.17. The van der Waals surface area contributed by atoms with Crippen LogP contribution in [0, 0.1) is 6.57 Å². The number of nitrogens with zero attached hydrogens (tertiary/aromatic N) is 1. The van der Waals surface area contributed by atoms with Gasteiger partial charge in [-0.2, -0.15) is 0 Å². The van der Waals surface area contributed by atoms with Crippen molar-refractivity contribution in [2.75, 3.05) is 0 Å². The Morgan fingerprint density at radius 3 is 2.80 bits per heavy atom. The van der Waals surface area contributed by atoms with Crippen molar-refractivity contribution in [1.29, 1.82) is 0 Å². The van der Waals surface area contributed by atoms with E-state index in [1.807, 2.05) is 26.8 Å². The number of benzene rings is 1. The molecule has 0 amide bonds. The highest BCUT2D eigenvalue weighted by Crippen LogP contribution is 2.24. The Bertz CT molecular complexity index is 712. The predicted molar refractivity (Wildman–Crippen MR) is 79.4 cm³/mol. The third-order valence-corrected chi connectivity index (χ3v) is 2.63. The van der Waals surface area contributed by atoms with E-state index in [1.165, 1.54) is 6.08 Å². The zero-order chi connectivity index (χ0) is 14.8. The molecule has 0 saturated carbocycles. The maximum Gasteiger partial charge on any atom is 0.331 e. The molecule has 1 heterocycles. The number of esters is 1. The normalized spacial score (nSPS) is 11.7. The fourth-order valence-corrected chi connectivity index (χ4v) is 1.84. The molecule has 0 aliphatic heterocycles. The molecule has 1 aromatic carbocycles. The standard InChI is InChI=1S/C16H16N2O2/c1-16(2,3)20-15(19)8-5-11-10-18-14-9-12(17-4)6-7-13(11)14/h5-10,18H,1-3H3. The van der Waals surface area contributed by atoms with Crippen molar-refractivity contribution in [2.24, 2.45) is 0 Å². The van der Waals surface area contributed by atoms with Gasteiger partial charge in [-0.1, -0.05) is 12.1 Å². The van der Waals surface area contributed by atoms with E-state index in [0.717, 1.165) is 16.5 Å². The van der Waals surface area contributed by atoms with Crippen LogP contribution < -0.4 is 0 Å². The van der Waals surface area contributed by atoms with Crippen molar-refractivity contribution >= 4 is 28.6 Å². The molecule has 0 atom stereocenters. The summed E-state index contributed by atoms with van der Waals surface area (Å²) in [6.07, 6.45) is 4.93. The van der Waals surface area contributed by atoms with Gasteiger partial charge >= 0.3 is 5.97 Å². The van der Waals surface area contributed by atoms with Gasteiger partial charge in [0.15, 0.2) is 5.69 Å². The lowest BCUT2D eigenvalue weighted by Crippen LogP contribution is -2.22. The summed E-state index contributed by atoms with van der Waals surface area (Å²) in [7, 11) is 0. The molecule has 0 radical (unpaired) electrons. The number of aromatic nitrogens is 1. The predicted octanol–water partition coefficient (Wildman–Crippen LogP) is 4.07. The smallest absolute Gasteiger partial charge is 0.331 e. The average Bonchev–Trinajstić information content (AvgIpc) is 2.76. The van der Waals surface area contributed by atoms with E-state index in [4.69, 9.17) is 11.3 Å². The lowest BCUT2D eigenvalue weighted by molar-refractivity contribution is -0.148. The van der Waals surface area contributed by atoms with Gasteiger partial charge in [0, 0.05) is 23.2 Å². The fourth-order valence-electron chi connectivity index (χ4n) is 1.84. The number of carbonyl (C=O) groups is 1. The van der Waals surface area contributed by atoms with Crippen LogP contribution in [0.5, 0.6) is 0 Å². The minimum absolute atomic E-state index is 0.371. The van der Waals surface area contributed by atoms with Crippen molar-refractivity contribution < 1.29 is 9.53 Å². The van der Waals surface area contributed by atoms with Crippen LogP contribution in [0.1, 0.15) is 26.3 Å². The highest BCUT2D eigenvalue weighted by molar-refractivity contribution is 5.95. The molecule has 0 aliphatic carbocycles. The number of fused-ring (bicyclic) bond motifs is 1. The molecule has 20 heavy (non-hydrogen) atoms. The summed E-state index contributed by atoms with van der Waals surface area (Å²) in [5.41, 5.74) is 1.86. The number of H-pyrrole nitrogens is 1.